The largest absolute Gasteiger partial charge is 0.492 e. The Kier molecular flexibility index (Phi) is 14.6. The molecule has 1 rings (SSSR count). The van der Waals surface area contributed by atoms with E-state index in [2.05, 4.69) is 47.5 Å². The van der Waals surface area contributed by atoms with Gasteiger partial charge in [0.2, 0.25) is 0 Å². The van der Waals surface area contributed by atoms with Crippen LogP contribution in [-0.4, -0.2) is 64.4 Å². The number of hydrogen-bond acceptors (Lipinski definition) is 4. The van der Waals surface area contributed by atoms with E-state index in [9.17, 15) is 0 Å². The summed E-state index contributed by atoms with van der Waals surface area (Å²) in [5, 5.41) is 6.45. The molecule has 0 saturated carbocycles. The third-order valence-corrected chi connectivity index (χ3v) is 3.43. The molecule has 144 valence electrons. The van der Waals surface area contributed by atoms with E-state index in [1.54, 1.807) is 7.11 Å². The number of methoxy groups -OCH3 is 1. The van der Waals surface area contributed by atoms with Crippen molar-refractivity contribution in [2.75, 3.05) is 53.6 Å². The first-order valence-corrected chi connectivity index (χ1v) is 8.61. The van der Waals surface area contributed by atoms with Crippen LogP contribution in [0.25, 0.3) is 0 Å². The first kappa shape index (κ1) is 23.9. The van der Waals surface area contributed by atoms with Crippen LogP contribution < -0.4 is 15.4 Å². The van der Waals surface area contributed by atoms with Gasteiger partial charge in [0.15, 0.2) is 5.96 Å². The zero-order chi connectivity index (χ0) is 17.6. The van der Waals surface area contributed by atoms with Crippen LogP contribution in [0.15, 0.2) is 29.3 Å². The molecule has 6 nitrogen and oxygen atoms in total. The average Bonchev–Trinajstić information content (AvgIpc) is 2.58. The van der Waals surface area contributed by atoms with Crippen LogP contribution in [0.5, 0.6) is 5.75 Å². The number of benzene rings is 1. The van der Waals surface area contributed by atoms with Crippen LogP contribution in [0, 0.1) is 0 Å². The summed E-state index contributed by atoms with van der Waals surface area (Å²) in [6, 6.07) is 8.11. The zero-order valence-electron chi connectivity index (χ0n) is 15.9. The van der Waals surface area contributed by atoms with Crippen molar-refractivity contribution in [2.45, 2.75) is 20.4 Å². The fourth-order valence-electron chi connectivity index (χ4n) is 2.09. The van der Waals surface area contributed by atoms with E-state index in [1.807, 2.05) is 18.2 Å². The normalized spacial score (nSPS) is 10.1. The van der Waals surface area contributed by atoms with E-state index in [1.165, 1.54) is 0 Å². The highest BCUT2D eigenvalue weighted by Gasteiger charge is 2.01. The van der Waals surface area contributed by atoms with E-state index in [0.29, 0.717) is 13.2 Å². The molecule has 0 unspecified atom stereocenters. The number of guanidine groups is 1. The molecule has 7 heteroatoms. The maximum absolute atomic E-state index is 5.84. The molecular weight excluding hydrogens is 431 g/mol. The number of aliphatic imine (C=N–C) groups is 1. The predicted octanol–water partition coefficient (Wildman–Crippen LogP) is 2.34. The van der Waals surface area contributed by atoms with Gasteiger partial charge < -0.3 is 25.0 Å². The van der Waals surface area contributed by atoms with Crippen molar-refractivity contribution in [1.29, 1.82) is 0 Å². The summed E-state index contributed by atoms with van der Waals surface area (Å²) >= 11 is 0. The number of ether oxygens (including phenoxy) is 2. The van der Waals surface area contributed by atoms with Crippen LogP contribution >= 0.6 is 24.0 Å². The van der Waals surface area contributed by atoms with Crippen molar-refractivity contribution < 1.29 is 9.47 Å². The molecule has 0 atom stereocenters. The first-order valence-electron chi connectivity index (χ1n) is 8.61. The molecule has 2 N–H and O–H groups in total. The fourth-order valence-corrected chi connectivity index (χ4v) is 2.09. The summed E-state index contributed by atoms with van der Waals surface area (Å²) in [4.78, 5) is 6.76. The van der Waals surface area contributed by atoms with Gasteiger partial charge in [0.1, 0.15) is 12.4 Å². The van der Waals surface area contributed by atoms with Crippen LogP contribution in [0.1, 0.15) is 19.4 Å². The van der Waals surface area contributed by atoms with Crippen molar-refractivity contribution in [3.8, 4) is 5.75 Å². The summed E-state index contributed by atoms with van der Waals surface area (Å²) < 4.78 is 10.9. The molecule has 0 spiro atoms. The van der Waals surface area contributed by atoms with E-state index < -0.39 is 0 Å². The zero-order valence-corrected chi connectivity index (χ0v) is 18.2. The molecule has 0 fully saturated rings. The number of nitrogens with one attached hydrogen (secondary N) is 2. The molecule has 25 heavy (non-hydrogen) atoms. The van der Waals surface area contributed by atoms with Crippen LogP contribution in [0.3, 0.4) is 0 Å². The fraction of sp³-hybridized carbons (Fsp3) is 0.611. The predicted molar refractivity (Wildman–Crippen MR) is 115 cm³/mol. The maximum atomic E-state index is 5.84. The smallest absolute Gasteiger partial charge is 0.191 e. The van der Waals surface area contributed by atoms with Gasteiger partial charge in [0.25, 0.3) is 0 Å². The third-order valence-electron chi connectivity index (χ3n) is 3.43. The van der Waals surface area contributed by atoms with Crippen molar-refractivity contribution >= 4 is 29.9 Å². The SMILES string of the molecule is CCNC(=NCc1cccc(OCCN(C)CCOC)c1)NCC.I. The van der Waals surface area contributed by atoms with E-state index >= 15 is 0 Å². The molecule has 0 aliphatic heterocycles. The third kappa shape index (κ3) is 11.2. The monoisotopic (exact) mass is 464 g/mol. The summed E-state index contributed by atoms with van der Waals surface area (Å²) in [5.74, 6) is 1.72. The summed E-state index contributed by atoms with van der Waals surface area (Å²) in [6.45, 7) is 9.63. The van der Waals surface area contributed by atoms with Crippen molar-refractivity contribution in [2.24, 2.45) is 4.99 Å². The minimum atomic E-state index is 0. The highest BCUT2D eigenvalue weighted by Crippen LogP contribution is 2.14. The standard InChI is InChI=1S/C18H32N4O2.HI/c1-5-19-18(20-6-2)21-15-16-8-7-9-17(14-16)24-13-11-22(3)10-12-23-4;/h7-9,14H,5-6,10-13,15H2,1-4H3,(H2,19,20,21);1H. The Labute approximate surface area is 169 Å². The molecule has 1 aromatic rings. The quantitative estimate of drug-likeness (QED) is 0.299. The van der Waals surface area contributed by atoms with Crippen LogP contribution in [0.4, 0.5) is 0 Å². The van der Waals surface area contributed by atoms with Gasteiger partial charge in [-0.3, -0.25) is 0 Å². The Morgan fingerprint density at radius 2 is 1.80 bits per heavy atom. The molecule has 1 aromatic carbocycles. The van der Waals surface area contributed by atoms with E-state index in [-0.39, 0.29) is 24.0 Å². The van der Waals surface area contributed by atoms with E-state index in [4.69, 9.17) is 9.47 Å². The lowest BCUT2D eigenvalue weighted by molar-refractivity contribution is 0.150. The molecule has 0 aromatic heterocycles. The lowest BCUT2D eigenvalue weighted by Gasteiger charge is -2.16. The van der Waals surface area contributed by atoms with Crippen molar-refractivity contribution in [3.63, 3.8) is 0 Å². The number of likely N-dealkylation sites (N-methyl/N-ethyl adjacent to an activating group) is 1. The molecule has 0 aliphatic rings. The van der Waals surface area contributed by atoms with Gasteiger partial charge in [0.05, 0.1) is 13.2 Å². The molecule has 0 aliphatic carbocycles. The molecule has 0 radical (unpaired) electrons. The van der Waals surface area contributed by atoms with Crippen LogP contribution in [-0.2, 0) is 11.3 Å². The van der Waals surface area contributed by atoms with Gasteiger partial charge in [-0.05, 0) is 38.6 Å². The lowest BCUT2D eigenvalue weighted by atomic mass is 10.2. The molecule has 0 saturated heterocycles. The van der Waals surface area contributed by atoms with Gasteiger partial charge in [-0.25, -0.2) is 4.99 Å². The summed E-state index contributed by atoms with van der Waals surface area (Å²) in [6.07, 6.45) is 0. The van der Waals surface area contributed by atoms with Crippen molar-refractivity contribution in [3.05, 3.63) is 29.8 Å². The number of halogens is 1. The second-order valence-electron chi connectivity index (χ2n) is 5.52. The first-order chi connectivity index (χ1) is 11.7. The van der Waals surface area contributed by atoms with Gasteiger partial charge in [0, 0.05) is 33.3 Å². The number of hydrogen-bond donors (Lipinski definition) is 2. The number of rotatable bonds is 11. The second-order valence-corrected chi connectivity index (χ2v) is 5.52. The Morgan fingerprint density at radius 3 is 2.44 bits per heavy atom. The maximum Gasteiger partial charge on any atom is 0.191 e. The van der Waals surface area contributed by atoms with Gasteiger partial charge >= 0.3 is 0 Å². The Morgan fingerprint density at radius 1 is 1.12 bits per heavy atom. The molecule has 0 heterocycles. The highest BCUT2D eigenvalue weighted by molar-refractivity contribution is 14.0. The Bertz CT molecular complexity index is 478. The number of nitrogens with zero attached hydrogens (tertiary/aromatic N) is 2. The minimum Gasteiger partial charge on any atom is -0.492 e. The average molecular weight is 464 g/mol. The lowest BCUT2D eigenvalue weighted by Crippen LogP contribution is -2.36. The minimum absolute atomic E-state index is 0. The summed E-state index contributed by atoms with van der Waals surface area (Å²) in [5.41, 5.74) is 1.13. The molecule has 0 amide bonds. The van der Waals surface area contributed by atoms with Gasteiger partial charge in [-0.1, -0.05) is 12.1 Å². The molecular formula is C18H33IN4O2. The summed E-state index contributed by atoms with van der Waals surface area (Å²) in [7, 11) is 3.78. The highest BCUT2D eigenvalue weighted by atomic mass is 127. The Hall–Kier alpha value is -1.06. The van der Waals surface area contributed by atoms with E-state index in [0.717, 1.165) is 50.1 Å². The van der Waals surface area contributed by atoms with Crippen LogP contribution in [0.2, 0.25) is 0 Å². The second kappa shape index (κ2) is 15.2. The van der Waals surface area contributed by atoms with Gasteiger partial charge in [-0.2, -0.15) is 0 Å². The Balaban J connectivity index is 0.00000576. The van der Waals surface area contributed by atoms with Crippen molar-refractivity contribution in [1.82, 2.24) is 15.5 Å². The van der Waals surface area contributed by atoms with Gasteiger partial charge in [-0.15, -0.1) is 24.0 Å². The topological polar surface area (TPSA) is 58.1 Å². The molecule has 0 bridgehead atoms.